The molecule has 1 fully saturated rings. The molecule has 2 aromatic carbocycles. The van der Waals surface area contributed by atoms with Gasteiger partial charge in [-0.15, -0.1) is 25.6 Å². The number of ether oxygens (including phenoxy) is 2. The number of hydrogen-bond donors (Lipinski definition) is 1. The van der Waals surface area contributed by atoms with Crippen LogP contribution in [0.4, 0.5) is 13.2 Å². The van der Waals surface area contributed by atoms with Crippen molar-refractivity contribution in [2.45, 2.75) is 19.2 Å². The van der Waals surface area contributed by atoms with Gasteiger partial charge in [0.25, 0.3) is 0 Å². The second-order valence-corrected chi connectivity index (χ2v) is 6.08. The van der Waals surface area contributed by atoms with Crippen LogP contribution < -0.4 is 14.8 Å². The third-order valence-corrected chi connectivity index (χ3v) is 4.21. The molecule has 1 N–H and O–H groups in total. The number of hydrogen-bond acceptors (Lipinski definition) is 3. The molecule has 0 aliphatic carbocycles. The van der Waals surface area contributed by atoms with Gasteiger partial charge in [0.1, 0.15) is 0 Å². The predicted octanol–water partition coefficient (Wildman–Crippen LogP) is 5.05. The molecule has 0 bridgehead atoms. The average molecular weight is 388 g/mol. The van der Waals surface area contributed by atoms with Crippen molar-refractivity contribution in [3.05, 3.63) is 48.5 Å². The Kier molecular flexibility index (Phi) is 7.17. The van der Waals surface area contributed by atoms with Crippen LogP contribution in [0.25, 0.3) is 11.1 Å². The summed E-state index contributed by atoms with van der Waals surface area (Å²) in [6.45, 7) is 2.20. The molecule has 0 spiro atoms. The number of alkyl halides is 3. The Morgan fingerprint density at radius 3 is 2.27 bits per heavy atom. The van der Waals surface area contributed by atoms with E-state index in [0.717, 1.165) is 37.1 Å². The first-order valence-corrected chi connectivity index (χ1v) is 8.30. The monoisotopic (exact) mass is 387 g/mol. The number of piperidine rings is 1. The summed E-state index contributed by atoms with van der Waals surface area (Å²) >= 11 is 0. The van der Waals surface area contributed by atoms with E-state index in [2.05, 4.69) is 10.1 Å². The van der Waals surface area contributed by atoms with Gasteiger partial charge in [-0.05, 0) is 55.1 Å². The summed E-state index contributed by atoms with van der Waals surface area (Å²) in [5, 5.41) is 3.26. The fourth-order valence-corrected chi connectivity index (χ4v) is 2.90. The molecule has 1 aliphatic heterocycles. The second-order valence-electron chi connectivity index (χ2n) is 6.08. The molecule has 3 rings (SSSR count). The summed E-state index contributed by atoms with van der Waals surface area (Å²) in [6, 6.07) is 14.0. The molecule has 26 heavy (non-hydrogen) atoms. The highest BCUT2D eigenvalue weighted by Gasteiger charge is 2.32. The topological polar surface area (TPSA) is 30.5 Å². The van der Waals surface area contributed by atoms with Crippen molar-refractivity contribution < 1.29 is 22.6 Å². The van der Waals surface area contributed by atoms with Crippen molar-refractivity contribution in [2.24, 2.45) is 5.92 Å². The van der Waals surface area contributed by atoms with Crippen LogP contribution in [0.3, 0.4) is 0 Å². The van der Waals surface area contributed by atoms with Crippen molar-refractivity contribution in [1.82, 2.24) is 5.32 Å². The SMILES string of the molecule is Cl.FC(F)(F)Oc1ccc(-c2ccccc2)cc1OCC1CCNCC1. The van der Waals surface area contributed by atoms with E-state index in [1.807, 2.05) is 30.3 Å². The maximum absolute atomic E-state index is 12.7. The molecule has 142 valence electrons. The summed E-state index contributed by atoms with van der Waals surface area (Å²) in [6.07, 6.45) is -2.84. The first-order valence-electron chi connectivity index (χ1n) is 8.30. The zero-order chi connectivity index (χ0) is 17.7. The lowest BCUT2D eigenvalue weighted by Gasteiger charge is -2.23. The number of halogens is 4. The molecule has 0 amide bonds. The third kappa shape index (κ3) is 5.81. The van der Waals surface area contributed by atoms with Gasteiger partial charge in [-0.25, -0.2) is 0 Å². The molecular weight excluding hydrogens is 367 g/mol. The van der Waals surface area contributed by atoms with Crippen LogP contribution in [0, 0.1) is 5.92 Å². The smallest absolute Gasteiger partial charge is 0.489 e. The maximum Gasteiger partial charge on any atom is 0.573 e. The van der Waals surface area contributed by atoms with Gasteiger partial charge in [0.2, 0.25) is 0 Å². The molecule has 2 aromatic rings. The van der Waals surface area contributed by atoms with Crippen LogP contribution in [-0.2, 0) is 0 Å². The zero-order valence-electron chi connectivity index (χ0n) is 14.1. The van der Waals surface area contributed by atoms with Gasteiger partial charge in [-0.2, -0.15) is 0 Å². The minimum Gasteiger partial charge on any atom is -0.489 e. The van der Waals surface area contributed by atoms with Gasteiger partial charge >= 0.3 is 6.36 Å². The fourth-order valence-electron chi connectivity index (χ4n) is 2.90. The highest BCUT2D eigenvalue weighted by atomic mass is 35.5. The first-order chi connectivity index (χ1) is 12.0. The van der Waals surface area contributed by atoms with Crippen LogP contribution >= 0.6 is 12.4 Å². The molecule has 7 heteroatoms. The molecule has 1 saturated heterocycles. The number of nitrogens with one attached hydrogen (secondary N) is 1. The molecule has 0 atom stereocenters. The lowest BCUT2D eigenvalue weighted by atomic mass is 9.99. The molecular formula is C19H21ClF3NO2. The Morgan fingerprint density at radius 1 is 0.923 bits per heavy atom. The van der Waals surface area contributed by atoms with Crippen molar-refractivity contribution >= 4 is 12.4 Å². The van der Waals surface area contributed by atoms with E-state index in [1.54, 1.807) is 12.1 Å². The molecule has 3 nitrogen and oxygen atoms in total. The Bertz CT molecular complexity index is 689. The van der Waals surface area contributed by atoms with Crippen LogP contribution in [0.15, 0.2) is 48.5 Å². The van der Waals surface area contributed by atoms with Crippen molar-refractivity contribution in [3.8, 4) is 22.6 Å². The molecule has 0 saturated carbocycles. The quantitative estimate of drug-likeness (QED) is 0.778. The summed E-state index contributed by atoms with van der Waals surface area (Å²) in [7, 11) is 0. The molecule has 1 heterocycles. The lowest BCUT2D eigenvalue weighted by molar-refractivity contribution is -0.275. The number of benzene rings is 2. The largest absolute Gasteiger partial charge is 0.573 e. The van der Waals surface area contributed by atoms with E-state index in [-0.39, 0.29) is 23.9 Å². The van der Waals surface area contributed by atoms with Gasteiger partial charge < -0.3 is 14.8 Å². The summed E-state index contributed by atoms with van der Waals surface area (Å²) in [5.74, 6) is 0.152. The molecule has 1 aliphatic rings. The highest BCUT2D eigenvalue weighted by molar-refractivity contribution is 5.85. The van der Waals surface area contributed by atoms with Crippen molar-refractivity contribution in [1.29, 1.82) is 0 Å². The van der Waals surface area contributed by atoms with Gasteiger partial charge in [0, 0.05) is 0 Å². The predicted molar refractivity (Wildman–Crippen MR) is 96.9 cm³/mol. The second kappa shape index (κ2) is 9.14. The van der Waals surface area contributed by atoms with Crippen LogP contribution in [0.2, 0.25) is 0 Å². The van der Waals surface area contributed by atoms with Crippen LogP contribution in [0.5, 0.6) is 11.5 Å². The normalized spacial score (nSPS) is 15.2. The maximum atomic E-state index is 12.7. The molecule has 0 unspecified atom stereocenters. The van der Waals surface area contributed by atoms with Gasteiger partial charge in [-0.1, -0.05) is 36.4 Å². The third-order valence-electron chi connectivity index (χ3n) is 4.21. The lowest BCUT2D eigenvalue weighted by Crippen LogP contribution is -2.30. The molecule has 0 radical (unpaired) electrons. The minimum atomic E-state index is -4.75. The average Bonchev–Trinajstić information content (AvgIpc) is 2.61. The van der Waals surface area contributed by atoms with E-state index in [1.165, 1.54) is 6.07 Å². The summed E-state index contributed by atoms with van der Waals surface area (Å²) in [4.78, 5) is 0. The van der Waals surface area contributed by atoms with E-state index in [9.17, 15) is 13.2 Å². The van der Waals surface area contributed by atoms with Crippen LogP contribution in [-0.4, -0.2) is 26.1 Å². The number of rotatable bonds is 5. The Morgan fingerprint density at radius 2 is 1.62 bits per heavy atom. The van der Waals surface area contributed by atoms with Gasteiger partial charge in [0.05, 0.1) is 6.61 Å². The first kappa shape index (κ1) is 20.4. The van der Waals surface area contributed by atoms with Gasteiger partial charge in [0.15, 0.2) is 11.5 Å². The van der Waals surface area contributed by atoms with E-state index in [0.29, 0.717) is 12.5 Å². The molecule has 0 aromatic heterocycles. The fraction of sp³-hybridized carbons (Fsp3) is 0.368. The summed E-state index contributed by atoms with van der Waals surface area (Å²) < 4.78 is 47.8. The van der Waals surface area contributed by atoms with E-state index < -0.39 is 6.36 Å². The van der Waals surface area contributed by atoms with E-state index >= 15 is 0 Å². The van der Waals surface area contributed by atoms with Gasteiger partial charge in [-0.3, -0.25) is 0 Å². The van der Waals surface area contributed by atoms with Crippen LogP contribution in [0.1, 0.15) is 12.8 Å². The van der Waals surface area contributed by atoms with Crippen molar-refractivity contribution in [3.63, 3.8) is 0 Å². The Balaban J connectivity index is 0.00000243. The standard InChI is InChI=1S/C19H20F3NO2.ClH/c20-19(21,22)25-17-7-6-16(15-4-2-1-3-5-15)12-18(17)24-13-14-8-10-23-11-9-14;/h1-7,12,14,23H,8-11,13H2;1H. The van der Waals surface area contributed by atoms with E-state index in [4.69, 9.17) is 4.74 Å². The Hall–Kier alpha value is -1.92. The summed E-state index contributed by atoms with van der Waals surface area (Å²) in [5.41, 5.74) is 1.70. The Labute approximate surface area is 156 Å². The zero-order valence-corrected chi connectivity index (χ0v) is 14.9. The minimum absolute atomic E-state index is 0. The highest BCUT2D eigenvalue weighted by Crippen LogP contribution is 2.36. The van der Waals surface area contributed by atoms with Crippen molar-refractivity contribution in [2.75, 3.05) is 19.7 Å².